The Kier molecular flexibility index (Phi) is 6.67. The average Bonchev–Trinajstić information content (AvgIpc) is 2.42. The largest absolute Gasteiger partial charge is 0.511 e. The highest BCUT2D eigenvalue weighted by Gasteiger charge is 2.11. The van der Waals surface area contributed by atoms with Gasteiger partial charge in [-0.25, -0.2) is 0 Å². The lowest BCUT2D eigenvalue weighted by atomic mass is 10.2. The Labute approximate surface area is 124 Å². The van der Waals surface area contributed by atoms with Crippen molar-refractivity contribution >= 4 is 41.8 Å². The van der Waals surface area contributed by atoms with Crippen LogP contribution in [-0.4, -0.2) is 31.5 Å². The first-order chi connectivity index (χ1) is 9.40. The van der Waals surface area contributed by atoms with Crippen molar-refractivity contribution in [1.82, 2.24) is 0 Å². The number of rotatable bonds is 6. The van der Waals surface area contributed by atoms with E-state index in [1.54, 1.807) is 27.7 Å². The minimum Gasteiger partial charge on any atom is -0.511 e. The highest BCUT2D eigenvalue weighted by atomic mass is 28.2. The van der Waals surface area contributed by atoms with Crippen molar-refractivity contribution in [3.05, 3.63) is 24.3 Å². The van der Waals surface area contributed by atoms with E-state index in [0.29, 0.717) is 0 Å². The summed E-state index contributed by atoms with van der Waals surface area (Å²) in [5.41, 5.74) is 0. The van der Waals surface area contributed by atoms with E-state index in [1.165, 1.54) is 0 Å². The Bertz CT molecular complexity index is 412. The van der Waals surface area contributed by atoms with Gasteiger partial charge in [-0.3, -0.25) is 9.59 Å². The topological polar surface area (TPSA) is 52.6 Å². The van der Waals surface area contributed by atoms with E-state index < -0.39 is 0 Å². The number of hydrogen-bond acceptors (Lipinski definition) is 4. The van der Waals surface area contributed by atoms with Crippen LogP contribution in [0.25, 0.3) is 0 Å². The van der Waals surface area contributed by atoms with Gasteiger partial charge in [-0.05, 0) is 10.4 Å². The number of carbonyl (C=O) groups excluding carboxylic acids is 2. The van der Waals surface area contributed by atoms with Gasteiger partial charge in [0.1, 0.15) is 0 Å². The van der Waals surface area contributed by atoms with E-state index in [0.717, 1.165) is 10.4 Å². The molecule has 0 N–H and O–H groups in total. The van der Waals surface area contributed by atoms with Crippen molar-refractivity contribution in [3.63, 3.8) is 0 Å². The molecule has 0 aliphatic carbocycles. The molecule has 0 aromatic heterocycles. The summed E-state index contributed by atoms with van der Waals surface area (Å²) in [6.45, 7) is 7.22. The molecule has 1 rings (SSSR count). The monoisotopic (exact) mass is 306 g/mol. The summed E-state index contributed by atoms with van der Waals surface area (Å²) < 4.78 is 10.3. The first kappa shape index (κ1) is 16.6. The van der Waals surface area contributed by atoms with E-state index in [-0.39, 0.29) is 43.3 Å². The number of carbonyl (C=O) groups is 2. The maximum Gasteiger partial charge on any atom is 0.355 e. The minimum absolute atomic E-state index is 0.0132. The van der Waals surface area contributed by atoms with Crippen LogP contribution in [0.1, 0.15) is 27.7 Å². The molecule has 6 heteroatoms. The third-order valence-corrected chi connectivity index (χ3v) is 4.11. The molecule has 4 nitrogen and oxygen atoms in total. The number of benzene rings is 1. The maximum atomic E-state index is 11.4. The Morgan fingerprint density at radius 1 is 0.800 bits per heavy atom. The molecule has 0 bridgehead atoms. The Morgan fingerprint density at radius 2 is 1.10 bits per heavy atom. The molecule has 20 heavy (non-hydrogen) atoms. The van der Waals surface area contributed by atoms with Gasteiger partial charge in [0.05, 0.1) is 0 Å². The highest BCUT2D eigenvalue weighted by Crippen LogP contribution is 1.95. The molecular formula is C14H18O4Si2. The second kappa shape index (κ2) is 8.01. The molecule has 0 fully saturated rings. The zero-order chi connectivity index (χ0) is 15.1. The molecule has 0 saturated heterocycles. The molecule has 0 atom stereocenters. The van der Waals surface area contributed by atoms with Crippen LogP contribution in [-0.2, 0) is 18.4 Å². The van der Waals surface area contributed by atoms with Crippen LogP contribution in [0.2, 0.25) is 0 Å². The molecule has 0 saturated carbocycles. The van der Waals surface area contributed by atoms with Crippen molar-refractivity contribution in [3.8, 4) is 0 Å². The van der Waals surface area contributed by atoms with Crippen molar-refractivity contribution < 1.29 is 18.4 Å². The molecular weight excluding hydrogens is 288 g/mol. The molecule has 4 radical (unpaired) electrons. The van der Waals surface area contributed by atoms with E-state index in [1.807, 2.05) is 24.3 Å². The molecule has 0 aliphatic rings. The number of hydrogen-bond donors (Lipinski definition) is 0. The van der Waals surface area contributed by atoms with Crippen LogP contribution < -0.4 is 10.4 Å². The molecule has 0 heterocycles. The van der Waals surface area contributed by atoms with Crippen molar-refractivity contribution in [2.75, 3.05) is 0 Å². The first-order valence-corrected chi connectivity index (χ1v) is 8.25. The lowest BCUT2D eigenvalue weighted by Gasteiger charge is -2.07. The van der Waals surface area contributed by atoms with Gasteiger partial charge >= 0.3 is 19.5 Å². The summed E-state index contributed by atoms with van der Waals surface area (Å²) >= 11 is 0. The molecule has 1 aromatic carbocycles. The van der Waals surface area contributed by atoms with E-state index in [9.17, 15) is 9.59 Å². The van der Waals surface area contributed by atoms with Crippen molar-refractivity contribution in [2.45, 2.75) is 27.7 Å². The minimum atomic E-state index is -0.194. The van der Waals surface area contributed by atoms with Gasteiger partial charge in [0, 0.05) is 11.8 Å². The highest BCUT2D eigenvalue weighted by molar-refractivity contribution is 6.51. The molecule has 0 spiro atoms. The Hall–Kier alpha value is -1.41. The van der Waals surface area contributed by atoms with Gasteiger partial charge in [0.15, 0.2) is 0 Å². The van der Waals surface area contributed by atoms with Crippen LogP contribution in [0.5, 0.6) is 0 Å². The Morgan fingerprint density at radius 3 is 1.35 bits per heavy atom. The average molecular weight is 306 g/mol. The molecule has 0 amide bonds. The lowest BCUT2D eigenvalue weighted by Crippen LogP contribution is -2.27. The standard InChI is InChI=1S/C14H18O4Si2/c1-9(2)13(15)17-19-11-5-7-12(8-6-11)20-18-14(16)10(3)4/h5-10H,1-4H3. The summed E-state index contributed by atoms with van der Waals surface area (Å²) in [4.78, 5) is 22.7. The quantitative estimate of drug-likeness (QED) is 0.721. The van der Waals surface area contributed by atoms with Gasteiger partial charge in [0.25, 0.3) is 11.9 Å². The van der Waals surface area contributed by atoms with Gasteiger partial charge < -0.3 is 8.85 Å². The zero-order valence-electron chi connectivity index (χ0n) is 12.1. The third kappa shape index (κ3) is 5.71. The van der Waals surface area contributed by atoms with Gasteiger partial charge in [-0.2, -0.15) is 0 Å². The predicted octanol–water partition coefficient (Wildman–Crippen LogP) is 0.574. The molecule has 0 aliphatic heterocycles. The maximum absolute atomic E-state index is 11.4. The third-order valence-electron chi connectivity index (χ3n) is 2.37. The van der Waals surface area contributed by atoms with Crippen molar-refractivity contribution in [1.29, 1.82) is 0 Å². The van der Waals surface area contributed by atoms with E-state index >= 15 is 0 Å². The summed E-state index contributed by atoms with van der Waals surface area (Å²) in [6, 6.07) is 7.55. The SMILES string of the molecule is CC(C)C(=O)O[Si]c1ccc([Si]OC(=O)C(C)C)cc1. The first-order valence-electron chi connectivity index (χ1n) is 6.43. The summed E-state index contributed by atoms with van der Waals surface area (Å²) in [7, 11) is 0.0263. The van der Waals surface area contributed by atoms with Crippen LogP contribution >= 0.6 is 0 Å². The zero-order valence-corrected chi connectivity index (χ0v) is 14.1. The van der Waals surface area contributed by atoms with Crippen LogP contribution in [0.4, 0.5) is 0 Å². The fourth-order valence-electron chi connectivity index (χ4n) is 1.06. The second-order valence-electron chi connectivity index (χ2n) is 4.93. The van der Waals surface area contributed by atoms with Gasteiger partial charge in [0.2, 0.25) is 0 Å². The van der Waals surface area contributed by atoms with E-state index in [4.69, 9.17) is 8.85 Å². The van der Waals surface area contributed by atoms with Crippen LogP contribution in [0.15, 0.2) is 24.3 Å². The normalized spacial score (nSPS) is 10.7. The lowest BCUT2D eigenvalue weighted by molar-refractivity contribution is -0.138. The van der Waals surface area contributed by atoms with Gasteiger partial charge in [-0.1, -0.05) is 52.0 Å². The summed E-state index contributed by atoms with van der Waals surface area (Å²) in [5.74, 6) is -0.613. The fourth-order valence-corrected chi connectivity index (χ4v) is 2.57. The predicted molar refractivity (Wildman–Crippen MR) is 79.1 cm³/mol. The fraction of sp³-hybridized carbons (Fsp3) is 0.429. The van der Waals surface area contributed by atoms with Crippen LogP contribution in [0, 0.1) is 11.8 Å². The molecule has 1 aromatic rings. The summed E-state index contributed by atoms with van der Waals surface area (Å²) in [5, 5.41) is 1.89. The van der Waals surface area contributed by atoms with Gasteiger partial charge in [-0.15, -0.1) is 0 Å². The van der Waals surface area contributed by atoms with Crippen molar-refractivity contribution in [2.24, 2.45) is 11.8 Å². The second-order valence-corrected chi connectivity index (χ2v) is 6.90. The smallest absolute Gasteiger partial charge is 0.355 e. The molecule has 0 unspecified atom stereocenters. The Balaban J connectivity index is 2.44. The summed E-state index contributed by atoms with van der Waals surface area (Å²) in [6.07, 6.45) is 0. The van der Waals surface area contributed by atoms with Crippen LogP contribution in [0.3, 0.4) is 0 Å². The van der Waals surface area contributed by atoms with E-state index in [2.05, 4.69) is 0 Å². The molecule has 106 valence electrons.